The molecule has 0 radical (unpaired) electrons. The molecule has 0 aliphatic carbocycles. The first-order valence-electron chi connectivity index (χ1n) is 10.5. The molecule has 7 heteroatoms. The smallest absolute Gasteiger partial charge is 0.308 e. The monoisotopic (exact) mass is 432 g/mol. The van der Waals surface area contributed by atoms with E-state index in [1.807, 2.05) is 55.5 Å². The molecule has 32 heavy (non-hydrogen) atoms. The summed E-state index contributed by atoms with van der Waals surface area (Å²) in [7, 11) is 0. The van der Waals surface area contributed by atoms with Gasteiger partial charge in [0.1, 0.15) is 5.75 Å². The molecule has 0 bridgehead atoms. The van der Waals surface area contributed by atoms with Crippen LogP contribution in [0.15, 0.2) is 66.7 Å². The number of anilines is 2. The van der Waals surface area contributed by atoms with E-state index in [2.05, 4.69) is 0 Å². The highest BCUT2D eigenvalue weighted by atomic mass is 16.5. The lowest BCUT2D eigenvalue weighted by atomic mass is 10.1. The summed E-state index contributed by atoms with van der Waals surface area (Å²) in [6.07, 6.45) is -0.0201. The second-order valence-electron chi connectivity index (χ2n) is 7.35. The Bertz CT molecular complexity index is 1150. The molecule has 1 heterocycles. The van der Waals surface area contributed by atoms with Gasteiger partial charge < -0.3 is 19.3 Å². The van der Waals surface area contributed by atoms with Crippen molar-refractivity contribution in [2.24, 2.45) is 0 Å². The molecule has 2 amide bonds. The number of ether oxygens (including phenoxy) is 2. The Morgan fingerprint density at radius 2 is 1.78 bits per heavy atom. The van der Waals surface area contributed by atoms with Crippen LogP contribution in [0.3, 0.4) is 0 Å². The molecular weight excluding hydrogens is 408 g/mol. The largest absolute Gasteiger partial charge is 0.482 e. The van der Waals surface area contributed by atoms with Crippen molar-refractivity contribution in [2.45, 2.75) is 13.3 Å². The van der Waals surface area contributed by atoms with Crippen molar-refractivity contribution in [3.63, 3.8) is 0 Å². The van der Waals surface area contributed by atoms with E-state index >= 15 is 0 Å². The molecule has 0 aromatic heterocycles. The second-order valence-corrected chi connectivity index (χ2v) is 7.35. The van der Waals surface area contributed by atoms with E-state index in [0.717, 1.165) is 16.5 Å². The summed E-state index contributed by atoms with van der Waals surface area (Å²) in [5, 5.41) is 1.99. The van der Waals surface area contributed by atoms with Crippen LogP contribution in [0.2, 0.25) is 0 Å². The van der Waals surface area contributed by atoms with Gasteiger partial charge in [0.2, 0.25) is 0 Å². The first-order chi connectivity index (χ1) is 15.6. The topological polar surface area (TPSA) is 76.2 Å². The highest BCUT2D eigenvalue weighted by molar-refractivity contribution is 6.04. The van der Waals surface area contributed by atoms with Crippen molar-refractivity contribution in [1.29, 1.82) is 0 Å². The fourth-order valence-electron chi connectivity index (χ4n) is 3.82. The number of benzene rings is 3. The molecule has 164 valence electrons. The second kappa shape index (κ2) is 9.51. The maximum Gasteiger partial charge on any atom is 0.308 e. The van der Waals surface area contributed by atoms with E-state index in [1.54, 1.807) is 23.1 Å². The van der Waals surface area contributed by atoms with Crippen LogP contribution in [0.25, 0.3) is 10.8 Å². The van der Waals surface area contributed by atoms with Gasteiger partial charge in [-0.05, 0) is 30.5 Å². The lowest BCUT2D eigenvalue weighted by molar-refractivity contribution is -0.147. The summed E-state index contributed by atoms with van der Waals surface area (Å²) in [4.78, 5) is 40.5. The predicted octanol–water partition coefficient (Wildman–Crippen LogP) is 3.55. The molecule has 0 saturated carbocycles. The summed E-state index contributed by atoms with van der Waals surface area (Å²) in [6.45, 7) is 2.06. The Labute approximate surface area is 186 Å². The number of fused-ring (bicyclic) bond motifs is 2. The molecule has 0 unspecified atom stereocenters. The SMILES string of the molecule is CCN(C(=O)COC(=O)CCN1C(=O)COc2ccccc21)c1cccc2ccccc12. The molecular formula is C25H24N2O5. The molecule has 0 saturated heterocycles. The summed E-state index contributed by atoms with van der Waals surface area (Å²) in [5.41, 5.74) is 1.41. The van der Waals surface area contributed by atoms with Crippen molar-refractivity contribution in [1.82, 2.24) is 0 Å². The molecule has 0 atom stereocenters. The van der Waals surface area contributed by atoms with Crippen LogP contribution in [0.4, 0.5) is 11.4 Å². The number of esters is 1. The minimum absolute atomic E-state index is 0.0201. The van der Waals surface area contributed by atoms with Crippen molar-refractivity contribution in [2.75, 3.05) is 36.1 Å². The standard InChI is InChI=1S/C25H24N2O5/c1-2-26(20-12-7-9-18-8-3-4-10-19(18)20)23(28)17-32-25(30)14-15-27-21-11-5-6-13-22(21)31-16-24(27)29/h3-13H,2,14-17H2,1H3. The number of rotatable bonds is 7. The summed E-state index contributed by atoms with van der Waals surface area (Å²) < 4.78 is 10.6. The maximum atomic E-state index is 12.8. The molecule has 0 spiro atoms. The van der Waals surface area contributed by atoms with E-state index in [1.165, 1.54) is 4.90 Å². The number of nitrogens with zero attached hydrogens (tertiary/aromatic N) is 2. The van der Waals surface area contributed by atoms with E-state index in [4.69, 9.17) is 9.47 Å². The van der Waals surface area contributed by atoms with Gasteiger partial charge in [-0.25, -0.2) is 0 Å². The number of amides is 2. The third kappa shape index (κ3) is 4.42. The van der Waals surface area contributed by atoms with Crippen LogP contribution in [0.5, 0.6) is 5.75 Å². The Morgan fingerprint density at radius 3 is 2.62 bits per heavy atom. The molecule has 4 rings (SSSR count). The average Bonchev–Trinajstić information content (AvgIpc) is 2.82. The van der Waals surface area contributed by atoms with E-state index in [9.17, 15) is 14.4 Å². The van der Waals surface area contributed by atoms with Crippen molar-refractivity contribution in [3.8, 4) is 5.75 Å². The maximum absolute atomic E-state index is 12.8. The average molecular weight is 432 g/mol. The Balaban J connectivity index is 1.36. The number of hydrogen-bond acceptors (Lipinski definition) is 5. The van der Waals surface area contributed by atoms with Crippen LogP contribution in [-0.2, 0) is 19.1 Å². The van der Waals surface area contributed by atoms with Gasteiger partial charge in [-0.2, -0.15) is 0 Å². The number of likely N-dealkylation sites (N-methyl/N-ethyl adjacent to an activating group) is 1. The fraction of sp³-hybridized carbons (Fsp3) is 0.240. The van der Waals surface area contributed by atoms with Crippen molar-refractivity contribution in [3.05, 3.63) is 66.7 Å². The highest BCUT2D eigenvalue weighted by Crippen LogP contribution is 2.31. The van der Waals surface area contributed by atoms with Gasteiger partial charge in [0.15, 0.2) is 13.2 Å². The first-order valence-corrected chi connectivity index (χ1v) is 10.5. The molecule has 1 aliphatic heterocycles. The lowest BCUT2D eigenvalue weighted by Gasteiger charge is -2.29. The molecule has 7 nitrogen and oxygen atoms in total. The number of carbonyl (C=O) groups excluding carboxylic acids is 3. The number of para-hydroxylation sites is 2. The minimum Gasteiger partial charge on any atom is -0.482 e. The van der Waals surface area contributed by atoms with E-state index < -0.39 is 5.97 Å². The molecule has 3 aromatic rings. The van der Waals surface area contributed by atoms with Gasteiger partial charge in [0, 0.05) is 18.5 Å². The van der Waals surface area contributed by atoms with Crippen molar-refractivity contribution < 1.29 is 23.9 Å². The van der Waals surface area contributed by atoms with Gasteiger partial charge in [0.05, 0.1) is 17.8 Å². The fourth-order valence-corrected chi connectivity index (χ4v) is 3.82. The summed E-state index contributed by atoms with van der Waals surface area (Å²) in [6, 6.07) is 20.8. The van der Waals surface area contributed by atoms with Crippen LogP contribution < -0.4 is 14.5 Å². The Kier molecular flexibility index (Phi) is 6.35. The van der Waals surface area contributed by atoms with Gasteiger partial charge in [0.25, 0.3) is 11.8 Å². The summed E-state index contributed by atoms with van der Waals surface area (Å²) in [5.74, 6) is -0.459. The number of hydrogen-bond donors (Lipinski definition) is 0. The van der Waals surface area contributed by atoms with Crippen molar-refractivity contribution >= 4 is 39.9 Å². The third-order valence-electron chi connectivity index (χ3n) is 5.38. The van der Waals surface area contributed by atoms with Crippen LogP contribution in [0, 0.1) is 0 Å². The molecule has 1 aliphatic rings. The predicted molar refractivity (Wildman–Crippen MR) is 122 cm³/mol. The quantitative estimate of drug-likeness (QED) is 0.534. The van der Waals surface area contributed by atoms with E-state index in [-0.39, 0.29) is 38.0 Å². The van der Waals surface area contributed by atoms with Crippen LogP contribution in [0.1, 0.15) is 13.3 Å². The normalized spacial score (nSPS) is 12.8. The highest BCUT2D eigenvalue weighted by Gasteiger charge is 2.26. The molecule has 0 N–H and O–H groups in total. The number of carbonyl (C=O) groups is 3. The van der Waals surface area contributed by atoms with Crippen LogP contribution in [-0.4, -0.2) is 44.1 Å². The third-order valence-corrected chi connectivity index (χ3v) is 5.38. The van der Waals surface area contributed by atoms with Gasteiger partial charge >= 0.3 is 5.97 Å². The van der Waals surface area contributed by atoms with Gasteiger partial charge in [-0.3, -0.25) is 14.4 Å². The Hall–Kier alpha value is -3.87. The summed E-state index contributed by atoms with van der Waals surface area (Å²) >= 11 is 0. The Morgan fingerprint density at radius 1 is 1.03 bits per heavy atom. The van der Waals surface area contributed by atoms with Crippen LogP contribution >= 0.6 is 0 Å². The zero-order valence-electron chi connectivity index (χ0n) is 17.8. The first kappa shape index (κ1) is 21.4. The zero-order valence-corrected chi connectivity index (χ0v) is 17.8. The molecule has 3 aromatic carbocycles. The van der Waals surface area contributed by atoms with Gasteiger partial charge in [-0.1, -0.05) is 48.5 Å². The lowest BCUT2D eigenvalue weighted by Crippen LogP contribution is -2.40. The minimum atomic E-state index is -0.538. The van der Waals surface area contributed by atoms with E-state index in [0.29, 0.717) is 18.0 Å². The zero-order chi connectivity index (χ0) is 22.5. The van der Waals surface area contributed by atoms with Gasteiger partial charge in [-0.15, -0.1) is 0 Å². The molecule has 0 fully saturated rings.